The van der Waals surface area contributed by atoms with Crippen LogP contribution in [0.4, 0.5) is 0 Å². The maximum Gasteiger partial charge on any atom is 0.266 e. The minimum absolute atomic E-state index is 0.0622. The number of benzene rings is 2. The summed E-state index contributed by atoms with van der Waals surface area (Å²) in [5.41, 5.74) is 8.82. The minimum Gasteiger partial charge on any atom is -0.454 e. The number of imide groups is 1. The third kappa shape index (κ3) is 3.77. The van der Waals surface area contributed by atoms with E-state index in [-0.39, 0.29) is 23.9 Å². The van der Waals surface area contributed by atoms with E-state index in [9.17, 15) is 19.7 Å². The second-order valence-corrected chi connectivity index (χ2v) is 8.72. The Morgan fingerprint density at radius 3 is 2.71 bits per heavy atom. The second-order valence-electron chi connectivity index (χ2n) is 8.72. The molecule has 0 atom stereocenters. The van der Waals surface area contributed by atoms with Gasteiger partial charge in [-0.1, -0.05) is 18.2 Å². The standard InChI is InChI=1S/C25H21N7O6/c26-25(30-32(35)36)27-8-3-9-31-11-16(14-6-7-18-22(21(14)31)38-12-37-18)20-19(23(33)29-24(20)34)15-10-28-17-5-2-1-4-13(15)17/h1-2,4-7,10-11,28H,3,8-9,12H2,(H3,26,27,30)(H,29,33,34). The number of hydrogen-bond donors (Lipinski definition) is 4. The molecular formula is C25H21N7O6. The highest BCUT2D eigenvalue weighted by Crippen LogP contribution is 2.44. The summed E-state index contributed by atoms with van der Waals surface area (Å²) >= 11 is 0. The van der Waals surface area contributed by atoms with Crippen LogP contribution in [0.1, 0.15) is 17.5 Å². The van der Waals surface area contributed by atoms with Gasteiger partial charge in [0.25, 0.3) is 17.8 Å². The smallest absolute Gasteiger partial charge is 0.266 e. The first-order valence-electron chi connectivity index (χ1n) is 11.7. The van der Waals surface area contributed by atoms with Gasteiger partial charge in [0.15, 0.2) is 16.5 Å². The number of hydrogen-bond acceptors (Lipinski definition) is 6. The predicted molar refractivity (Wildman–Crippen MR) is 138 cm³/mol. The van der Waals surface area contributed by atoms with Crippen molar-refractivity contribution in [1.82, 2.24) is 20.2 Å². The molecule has 0 bridgehead atoms. The molecule has 0 aliphatic carbocycles. The Bertz CT molecular complexity index is 1710. The van der Waals surface area contributed by atoms with Crippen LogP contribution in [0.5, 0.6) is 11.5 Å². The second kappa shape index (κ2) is 8.96. The van der Waals surface area contributed by atoms with Gasteiger partial charge in [0.1, 0.15) is 5.10 Å². The zero-order chi connectivity index (χ0) is 26.4. The monoisotopic (exact) mass is 515 g/mol. The quantitative estimate of drug-likeness (QED) is 0.0719. The number of nitrogens with one attached hydrogen (secondary N) is 3. The molecule has 2 aliphatic heterocycles. The van der Waals surface area contributed by atoms with E-state index >= 15 is 0 Å². The van der Waals surface area contributed by atoms with E-state index in [1.807, 2.05) is 41.1 Å². The molecule has 4 heterocycles. The summed E-state index contributed by atoms with van der Waals surface area (Å²) in [7, 11) is 0. The van der Waals surface area contributed by atoms with Crippen LogP contribution in [0.2, 0.25) is 0 Å². The molecule has 13 nitrogen and oxygen atoms in total. The Kier molecular flexibility index (Phi) is 5.44. The number of nitrogens with two attached hydrogens (primary N) is 1. The summed E-state index contributed by atoms with van der Waals surface area (Å²) in [6.45, 7) is 0.819. The molecule has 192 valence electrons. The van der Waals surface area contributed by atoms with Crippen molar-refractivity contribution in [3.63, 3.8) is 0 Å². The molecular weight excluding hydrogens is 494 g/mol. The van der Waals surface area contributed by atoms with Gasteiger partial charge in [-0.15, -0.1) is 0 Å². The molecule has 13 heteroatoms. The number of rotatable bonds is 7. The third-order valence-electron chi connectivity index (χ3n) is 6.51. The molecule has 2 aliphatic rings. The average molecular weight is 515 g/mol. The van der Waals surface area contributed by atoms with Crippen molar-refractivity contribution in [2.45, 2.75) is 13.0 Å². The number of carbonyl (C=O) groups is 2. The number of guanidine groups is 1. The Morgan fingerprint density at radius 1 is 1.11 bits per heavy atom. The van der Waals surface area contributed by atoms with Crippen molar-refractivity contribution in [2.75, 3.05) is 13.3 Å². The van der Waals surface area contributed by atoms with E-state index in [4.69, 9.17) is 15.2 Å². The lowest BCUT2D eigenvalue weighted by molar-refractivity contribution is -0.485. The van der Waals surface area contributed by atoms with Gasteiger partial charge in [0.2, 0.25) is 6.79 Å². The summed E-state index contributed by atoms with van der Waals surface area (Å²) < 4.78 is 13.2. The molecule has 6 rings (SSSR count). The van der Waals surface area contributed by atoms with E-state index in [1.54, 1.807) is 12.3 Å². The summed E-state index contributed by atoms with van der Waals surface area (Å²) in [6, 6.07) is 11.2. The van der Waals surface area contributed by atoms with Gasteiger partial charge in [-0.05, 0) is 24.6 Å². The van der Waals surface area contributed by atoms with Crippen LogP contribution in [-0.4, -0.2) is 45.7 Å². The SMILES string of the molecule is NC(=N[N+](=O)[O-])NCCCn1cc(C2=C(c3c[nH]c4ccccc34)C(=O)NC2=O)c2ccc3c(c21)OCO3. The lowest BCUT2D eigenvalue weighted by Gasteiger charge is -2.08. The van der Waals surface area contributed by atoms with Gasteiger partial charge >= 0.3 is 0 Å². The van der Waals surface area contributed by atoms with Crippen LogP contribution in [-0.2, 0) is 16.1 Å². The van der Waals surface area contributed by atoms with Crippen LogP contribution < -0.4 is 25.8 Å². The summed E-state index contributed by atoms with van der Waals surface area (Å²) in [5.74, 6) is -0.143. The predicted octanol–water partition coefficient (Wildman–Crippen LogP) is 1.90. The largest absolute Gasteiger partial charge is 0.454 e. The zero-order valence-corrected chi connectivity index (χ0v) is 19.8. The zero-order valence-electron chi connectivity index (χ0n) is 19.8. The van der Waals surface area contributed by atoms with Crippen LogP contribution >= 0.6 is 0 Å². The topological polar surface area (TPSA) is 179 Å². The fraction of sp³-hybridized carbons (Fsp3) is 0.160. The van der Waals surface area contributed by atoms with E-state index in [1.165, 1.54) is 0 Å². The Hall–Kier alpha value is -5.33. The summed E-state index contributed by atoms with van der Waals surface area (Å²) in [6.07, 6.45) is 4.05. The van der Waals surface area contributed by atoms with E-state index in [2.05, 4.69) is 20.7 Å². The Balaban J connectivity index is 1.46. The van der Waals surface area contributed by atoms with Gasteiger partial charge in [-0.3, -0.25) is 14.9 Å². The van der Waals surface area contributed by atoms with Gasteiger partial charge in [-0.2, -0.15) is 0 Å². The number of nitrogens with zero attached hydrogens (tertiary/aromatic N) is 3. The van der Waals surface area contributed by atoms with Gasteiger partial charge < -0.3 is 30.1 Å². The highest BCUT2D eigenvalue weighted by atomic mass is 16.7. The molecule has 2 amide bonds. The molecule has 5 N–H and O–H groups in total. The van der Waals surface area contributed by atoms with Crippen LogP contribution in [0.3, 0.4) is 0 Å². The van der Waals surface area contributed by atoms with Crippen LogP contribution in [0.15, 0.2) is 53.9 Å². The van der Waals surface area contributed by atoms with E-state index in [0.29, 0.717) is 53.0 Å². The number of para-hydroxylation sites is 1. The molecule has 0 fully saturated rings. The molecule has 2 aromatic carbocycles. The number of aromatic amines is 1. The van der Waals surface area contributed by atoms with Crippen LogP contribution in [0, 0.1) is 10.1 Å². The lowest BCUT2D eigenvalue weighted by Crippen LogP contribution is -2.33. The van der Waals surface area contributed by atoms with Gasteiger partial charge in [0, 0.05) is 52.9 Å². The molecule has 38 heavy (non-hydrogen) atoms. The number of aryl methyl sites for hydroxylation is 1. The van der Waals surface area contributed by atoms with Crippen molar-refractivity contribution in [3.05, 3.63) is 70.0 Å². The van der Waals surface area contributed by atoms with E-state index < -0.39 is 16.8 Å². The number of amides is 2. The van der Waals surface area contributed by atoms with Crippen molar-refractivity contribution < 1.29 is 24.1 Å². The van der Waals surface area contributed by atoms with Crippen molar-refractivity contribution >= 4 is 50.7 Å². The molecule has 4 aromatic rings. The number of aromatic nitrogens is 2. The maximum atomic E-state index is 13.2. The van der Waals surface area contributed by atoms with Crippen molar-refractivity contribution in [2.24, 2.45) is 10.8 Å². The number of ether oxygens (including phenoxy) is 2. The molecule has 0 spiro atoms. The number of fused-ring (bicyclic) bond motifs is 4. The highest BCUT2D eigenvalue weighted by Gasteiger charge is 2.36. The molecule has 0 saturated carbocycles. The number of H-pyrrole nitrogens is 1. The molecule has 0 unspecified atom stereocenters. The third-order valence-corrected chi connectivity index (χ3v) is 6.51. The fourth-order valence-electron chi connectivity index (χ4n) is 4.96. The number of nitro groups is 1. The van der Waals surface area contributed by atoms with Crippen LogP contribution in [0.25, 0.3) is 33.0 Å². The maximum absolute atomic E-state index is 13.2. The first kappa shape index (κ1) is 23.1. The molecule has 0 saturated heterocycles. The average Bonchev–Trinajstić information content (AvgIpc) is 3.65. The first-order valence-corrected chi connectivity index (χ1v) is 11.7. The van der Waals surface area contributed by atoms with Crippen molar-refractivity contribution in [3.8, 4) is 11.5 Å². The molecule has 0 radical (unpaired) electrons. The van der Waals surface area contributed by atoms with E-state index in [0.717, 1.165) is 10.9 Å². The van der Waals surface area contributed by atoms with Gasteiger partial charge in [-0.25, -0.2) is 10.1 Å². The Labute approximate surface area is 214 Å². The summed E-state index contributed by atoms with van der Waals surface area (Å²) in [5, 5.41) is 19.3. The van der Waals surface area contributed by atoms with Gasteiger partial charge in [0.05, 0.1) is 16.7 Å². The van der Waals surface area contributed by atoms with Crippen molar-refractivity contribution in [1.29, 1.82) is 0 Å². The first-order chi connectivity index (χ1) is 18.4. The highest BCUT2D eigenvalue weighted by molar-refractivity contribution is 6.50. The summed E-state index contributed by atoms with van der Waals surface area (Å²) in [4.78, 5) is 39.9. The number of hydrazone groups is 1. The lowest BCUT2D eigenvalue weighted by atomic mass is 9.95. The number of carbonyl (C=O) groups excluding carboxylic acids is 2. The fourth-order valence-corrected chi connectivity index (χ4v) is 4.96. The normalized spacial score (nSPS) is 15.1. The Morgan fingerprint density at radius 2 is 1.89 bits per heavy atom. The molecule has 2 aromatic heterocycles. The minimum atomic E-state index is -0.873.